The molecular formula is C10H12FN. The molecule has 0 aliphatic rings. The van der Waals surface area contributed by atoms with Crippen molar-refractivity contribution in [2.24, 2.45) is 0 Å². The minimum absolute atomic E-state index is 0.211. The predicted molar refractivity (Wildman–Crippen MR) is 49.8 cm³/mol. The van der Waals surface area contributed by atoms with E-state index in [1.165, 1.54) is 6.07 Å². The Hall–Kier alpha value is -1.31. The number of benzene rings is 1. The van der Waals surface area contributed by atoms with Crippen LogP contribution in [-0.2, 0) is 0 Å². The molecule has 0 bridgehead atoms. The van der Waals surface area contributed by atoms with Crippen LogP contribution in [-0.4, -0.2) is 6.54 Å². The van der Waals surface area contributed by atoms with Gasteiger partial charge in [0.25, 0.3) is 0 Å². The van der Waals surface area contributed by atoms with Gasteiger partial charge in [0.1, 0.15) is 5.82 Å². The molecule has 0 heterocycles. The highest BCUT2D eigenvalue weighted by Gasteiger charge is 2.01. The van der Waals surface area contributed by atoms with Crippen molar-refractivity contribution in [3.8, 4) is 0 Å². The molecule has 0 aliphatic carbocycles. The van der Waals surface area contributed by atoms with Gasteiger partial charge in [-0.3, -0.25) is 0 Å². The van der Waals surface area contributed by atoms with Crippen LogP contribution in [0.15, 0.2) is 30.9 Å². The lowest BCUT2D eigenvalue weighted by atomic mass is 10.2. The highest BCUT2D eigenvalue weighted by molar-refractivity contribution is 5.51. The minimum atomic E-state index is -0.211. The maximum atomic E-state index is 13.1. The van der Waals surface area contributed by atoms with Gasteiger partial charge < -0.3 is 5.32 Å². The standard InChI is InChI=1S/C10H12FN/c1-3-7-12-10-8(2)5-4-6-9(10)11/h3-6,12H,1,7H2,2H3. The quantitative estimate of drug-likeness (QED) is 0.679. The number of nitrogens with one attached hydrogen (secondary N) is 1. The Kier molecular flexibility index (Phi) is 2.86. The molecule has 0 atom stereocenters. The van der Waals surface area contributed by atoms with E-state index in [9.17, 15) is 4.39 Å². The van der Waals surface area contributed by atoms with E-state index in [0.29, 0.717) is 12.2 Å². The molecule has 0 saturated carbocycles. The maximum Gasteiger partial charge on any atom is 0.146 e. The molecule has 1 rings (SSSR count). The molecule has 1 nitrogen and oxygen atoms in total. The van der Waals surface area contributed by atoms with Crippen molar-refractivity contribution in [2.45, 2.75) is 6.92 Å². The van der Waals surface area contributed by atoms with Crippen molar-refractivity contribution in [2.75, 3.05) is 11.9 Å². The van der Waals surface area contributed by atoms with Crippen molar-refractivity contribution in [3.05, 3.63) is 42.2 Å². The Labute approximate surface area is 71.9 Å². The zero-order chi connectivity index (χ0) is 8.97. The molecule has 0 amide bonds. The van der Waals surface area contributed by atoms with Crippen LogP contribution in [0, 0.1) is 12.7 Å². The molecule has 1 aromatic rings. The van der Waals surface area contributed by atoms with Gasteiger partial charge in [0.05, 0.1) is 5.69 Å². The SMILES string of the molecule is C=CCNc1c(C)cccc1F. The Balaban J connectivity index is 2.88. The van der Waals surface area contributed by atoms with Gasteiger partial charge in [-0.15, -0.1) is 6.58 Å². The van der Waals surface area contributed by atoms with E-state index in [0.717, 1.165) is 5.56 Å². The van der Waals surface area contributed by atoms with Gasteiger partial charge in [0.15, 0.2) is 0 Å². The smallest absolute Gasteiger partial charge is 0.146 e. The number of hydrogen-bond acceptors (Lipinski definition) is 1. The second-order valence-electron chi connectivity index (χ2n) is 2.60. The van der Waals surface area contributed by atoms with E-state index in [1.807, 2.05) is 13.0 Å². The minimum Gasteiger partial charge on any atom is -0.379 e. The van der Waals surface area contributed by atoms with Crippen molar-refractivity contribution in [1.82, 2.24) is 0 Å². The highest BCUT2D eigenvalue weighted by Crippen LogP contribution is 2.17. The summed E-state index contributed by atoms with van der Waals surface area (Å²) in [5.74, 6) is -0.211. The third-order valence-corrected chi connectivity index (χ3v) is 1.65. The van der Waals surface area contributed by atoms with Gasteiger partial charge in [-0.2, -0.15) is 0 Å². The number of para-hydroxylation sites is 1. The monoisotopic (exact) mass is 165 g/mol. The fourth-order valence-corrected chi connectivity index (χ4v) is 1.03. The fraction of sp³-hybridized carbons (Fsp3) is 0.200. The summed E-state index contributed by atoms with van der Waals surface area (Å²) < 4.78 is 13.1. The van der Waals surface area contributed by atoms with E-state index in [2.05, 4.69) is 11.9 Å². The van der Waals surface area contributed by atoms with Crippen LogP contribution < -0.4 is 5.32 Å². The van der Waals surface area contributed by atoms with Crippen LogP contribution in [0.2, 0.25) is 0 Å². The van der Waals surface area contributed by atoms with E-state index in [-0.39, 0.29) is 5.82 Å². The third-order valence-electron chi connectivity index (χ3n) is 1.65. The van der Waals surface area contributed by atoms with E-state index < -0.39 is 0 Å². The molecule has 1 aromatic carbocycles. The third kappa shape index (κ3) is 1.84. The van der Waals surface area contributed by atoms with Gasteiger partial charge in [-0.1, -0.05) is 18.2 Å². The summed E-state index contributed by atoms with van der Waals surface area (Å²) in [7, 11) is 0. The lowest BCUT2D eigenvalue weighted by molar-refractivity contribution is 0.630. The van der Waals surface area contributed by atoms with Crippen molar-refractivity contribution in [1.29, 1.82) is 0 Å². The number of rotatable bonds is 3. The molecule has 0 radical (unpaired) electrons. The van der Waals surface area contributed by atoms with Gasteiger partial charge in [-0.25, -0.2) is 4.39 Å². The molecule has 2 heteroatoms. The molecule has 12 heavy (non-hydrogen) atoms. The number of anilines is 1. The van der Waals surface area contributed by atoms with Gasteiger partial charge in [-0.05, 0) is 18.6 Å². The first-order valence-corrected chi connectivity index (χ1v) is 3.85. The lowest BCUT2D eigenvalue weighted by Gasteiger charge is -2.07. The Morgan fingerprint density at radius 1 is 1.58 bits per heavy atom. The largest absolute Gasteiger partial charge is 0.379 e. The second-order valence-corrected chi connectivity index (χ2v) is 2.60. The summed E-state index contributed by atoms with van der Waals surface area (Å²) in [6.45, 7) is 6.00. The zero-order valence-corrected chi connectivity index (χ0v) is 7.10. The van der Waals surface area contributed by atoms with Crippen molar-refractivity contribution < 1.29 is 4.39 Å². The molecular weight excluding hydrogens is 153 g/mol. The molecule has 0 aliphatic heterocycles. The number of aryl methyl sites for hydroxylation is 1. The zero-order valence-electron chi connectivity index (χ0n) is 7.10. The lowest BCUT2D eigenvalue weighted by Crippen LogP contribution is -2.01. The summed E-state index contributed by atoms with van der Waals surface area (Å²) in [4.78, 5) is 0. The molecule has 1 N–H and O–H groups in total. The average Bonchev–Trinajstić information content (AvgIpc) is 2.04. The maximum absolute atomic E-state index is 13.1. The predicted octanol–water partition coefficient (Wildman–Crippen LogP) is 2.73. The molecule has 0 saturated heterocycles. The van der Waals surface area contributed by atoms with Crippen LogP contribution in [0.25, 0.3) is 0 Å². The van der Waals surface area contributed by atoms with Crippen LogP contribution in [0.5, 0.6) is 0 Å². The summed E-state index contributed by atoms with van der Waals surface area (Å²) in [6.07, 6.45) is 1.70. The van der Waals surface area contributed by atoms with Crippen LogP contribution in [0.1, 0.15) is 5.56 Å². The van der Waals surface area contributed by atoms with Crippen LogP contribution >= 0.6 is 0 Å². The molecule has 64 valence electrons. The summed E-state index contributed by atoms with van der Waals surface area (Å²) in [5.41, 5.74) is 1.48. The Morgan fingerprint density at radius 2 is 2.33 bits per heavy atom. The molecule has 0 spiro atoms. The number of halogens is 1. The molecule has 0 unspecified atom stereocenters. The fourth-order valence-electron chi connectivity index (χ4n) is 1.03. The normalized spacial score (nSPS) is 9.50. The first-order chi connectivity index (χ1) is 5.75. The van der Waals surface area contributed by atoms with Gasteiger partial charge >= 0.3 is 0 Å². The summed E-state index contributed by atoms with van der Waals surface area (Å²) in [6, 6.07) is 5.01. The molecule has 0 fully saturated rings. The van der Waals surface area contributed by atoms with Gasteiger partial charge in [0, 0.05) is 6.54 Å². The Morgan fingerprint density at radius 3 is 2.92 bits per heavy atom. The Bertz CT molecular complexity index is 261. The van der Waals surface area contributed by atoms with E-state index >= 15 is 0 Å². The highest BCUT2D eigenvalue weighted by atomic mass is 19.1. The number of hydrogen-bond donors (Lipinski definition) is 1. The average molecular weight is 165 g/mol. The topological polar surface area (TPSA) is 12.0 Å². The van der Waals surface area contributed by atoms with Crippen molar-refractivity contribution >= 4 is 5.69 Å². The second kappa shape index (κ2) is 3.90. The van der Waals surface area contributed by atoms with Gasteiger partial charge in [0.2, 0.25) is 0 Å². The van der Waals surface area contributed by atoms with Crippen LogP contribution in [0.3, 0.4) is 0 Å². The summed E-state index contributed by atoms with van der Waals surface area (Å²) in [5, 5.41) is 2.94. The van der Waals surface area contributed by atoms with Crippen molar-refractivity contribution in [3.63, 3.8) is 0 Å². The molecule has 0 aromatic heterocycles. The van der Waals surface area contributed by atoms with E-state index in [1.54, 1.807) is 12.1 Å². The van der Waals surface area contributed by atoms with E-state index in [4.69, 9.17) is 0 Å². The first-order valence-electron chi connectivity index (χ1n) is 3.85. The summed E-state index contributed by atoms with van der Waals surface area (Å²) >= 11 is 0. The first kappa shape index (κ1) is 8.78. The van der Waals surface area contributed by atoms with Crippen LogP contribution in [0.4, 0.5) is 10.1 Å².